The molecule has 0 aromatic heterocycles. The van der Waals surface area contributed by atoms with Crippen molar-refractivity contribution in [2.75, 3.05) is 25.5 Å². The van der Waals surface area contributed by atoms with Gasteiger partial charge in [0, 0.05) is 38.3 Å². The van der Waals surface area contributed by atoms with Crippen molar-refractivity contribution in [3.8, 4) is 0 Å². The Morgan fingerprint density at radius 3 is 2.58 bits per heavy atom. The fraction of sp³-hybridized carbons (Fsp3) is 0.414. The Balaban J connectivity index is 1.05. The van der Waals surface area contributed by atoms with Crippen LogP contribution in [-0.4, -0.2) is 77.9 Å². The summed E-state index contributed by atoms with van der Waals surface area (Å²) in [6, 6.07) is 13.6. The minimum absolute atomic E-state index is 0.0573. The molecule has 0 bridgehead atoms. The normalized spacial score (nSPS) is 21.9. The lowest BCUT2D eigenvalue weighted by Crippen LogP contribution is -2.54. The summed E-state index contributed by atoms with van der Waals surface area (Å²) in [5.74, 6) is -2.09. The highest BCUT2D eigenvalue weighted by Crippen LogP contribution is 2.35. The Morgan fingerprint density at radius 1 is 1.05 bits per heavy atom. The van der Waals surface area contributed by atoms with Gasteiger partial charge in [0.1, 0.15) is 12.6 Å². The third-order valence-electron chi connectivity index (χ3n) is 7.43. The van der Waals surface area contributed by atoms with Gasteiger partial charge < -0.3 is 19.7 Å². The van der Waals surface area contributed by atoms with Gasteiger partial charge in [-0.1, -0.05) is 36.4 Å². The fourth-order valence-corrected chi connectivity index (χ4v) is 5.15. The number of hydrogen-bond donors (Lipinski definition) is 2. The number of anilines is 1. The molecule has 1 aliphatic carbocycles. The van der Waals surface area contributed by atoms with Crippen LogP contribution in [-0.2, 0) is 25.7 Å². The first kappa shape index (κ1) is 27.3. The highest BCUT2D eigenvalue weighted by atomic mass is 16.6. The molecule has 0 radical (unpaired) electrons. The van der Waals surface area contributed by atoms with Gasteiger partial charge in [-0.2, -0.15) is 0 Å². The summed E-state index contributed by atoms with van der Waals surface area (Å²) in [5, 5.41) is 5.56. The molecule has 11 heteroatoms. The minimum atomic E-state index is -0.996. The second-order valence-corrected chi connectivity index (χ2v) is 10.3. The summed E-state index contributed by atoms with van der Waals surface area (Å²) in [6.45, 7) is 1.25. The molecule has 1 saturated carbocycles. The Kier molecular flexibility index (Phi) is 8.11. The Morgan fingerprint density at radius 2 is 1.82 bits per heavy atom. The van der Waals surface area contributed by atoms with Crippen molar-refractivity contribution < 1.29 is 33.4 Å². The van der Waals surface area contributed by atoms with E-state index >= 15 is 0 Å². The fourth-order valence-electron chi connectivity index (χ4n) is 5.15. The third kappa shape index (κ3) is 5.84. The van der Waals surface area contributed by atoms with Gasteiger partial charge in [0.05, 0.1) is 17.2 Å². The molecule has 11 nitrogen and oxygen atoms in total. The first-order chi connectivity index (χ1) is 19.3. The zero-order valence-corrected chi connectivity index (χ0v) is 22.3. The van der Waals surface area contributed by atoms with E-state index in [-0.39, 0.29) is 48.8 Å². The number of carbonyl (C=O) groups excluding carboxylic acids is 5. The van der Waals surface area contributed by atoms with E-state index in [1.165, 1.54) is 4.90 Å². The minimum Gasteiger partial charge on any atom is -0.445 e. The SMILES string of the molecule is CN(CCCO[C@H]1C[C@H](Nc2cccc3c2C(=O)N(C2CCC(=O)NC2=O)C3=O)C1)C(=O)OCc1ccccc1. The maximum atomic E-state index is 13.2. The predicted molar refractivity (Wildman–Crippen MR) is 143 cm³/mol. The molecule has 2 aromatic rings. The molecule has 1 unspecified atom stereocenters. The Labute approximate surface area is 231 Å². The zero-order valence-electron chi connectivity index (χ0n) is 22.3. The second kappa shape index (κ2) is 11.9. The number of rotatable bonds is 10. The van der Waals surface area contributed by atoms with Crippen molar-refractivity contribution in [1.29, 1.82) is 0 Å². The lowest BCUT2D eigenvalue weighted by molar-refractivity contribution is -0.136. The van der Waals surface area contributed by atoms with Crippen LogP contribution in [0.1, 0.15) is 58.4 Å². The molecule has 1 saturated heterocycles. The number of hydrogen-bond acceptors (Lipinski definition) is 8. The first-order valence-corrected chi connectivity index (χ1v) is 13.5. The molecular formula is C29H32N4O7. The van der Waals surface area contributed by atoms with Crippen LogP contribution in [0, 0.1) is 0 Å². The molecule has 1 atom stereocenters. The maximum Gasteiger partial charge on any atom is 0.409 e. The molecule has 0 spiro atoms. The van der Waals surface area contributed by atoms with Crippen LogP contribution in [0.4, 0.5) is 10.5 Å². The van der Waals surface area contributed by atoms with E-state index in [0.29, 0.717) is 25.3 Å². The van der Waals surface area contributed by atoms with E-state index in [2.05, 4.69) is 10.6 Å². The summed E-state index contributed by atoms with van der Waals surface area (Å²) >= 11 is 0. The number of nitrogens with one attached hydrogen (secondary N) is 2. The molecule has 2 aliphatic heterocycles. The van der Waals surface area contributed by atoms with Gasteiger partial charge in [0.25, 0.3) is 11.8 Å². The van der Waals surface area contributed by atoms with Crippen molar-refractivity contribution in [2.24, 2.45) is 0 Å². The average Bonchev–Trinajstić information content (AvgIpc) is 3.18. The van der Waals surface area contributed by atoms with Crippen LogP contribution in [0.25, 0.3) is 0 Å². The van der Waals surface area contributed by atoms with Crippen LogP contribution < -0.4 is 10.6 Å². The number of nitrogens with zero attached hydrogens (tertiary/aromatic N) is 2. The summed E-state index contributed by atoms with van der Waals surface area (Å²) in [5.41, 5.74) is 1.98. The molecule has 2 heterocycles. The molecule has 2 fully saturated rings. The van der Waals surface area contributed by atoms with Crippen LogP contribution in [0.2, 0.25) is 0 Å². The van der Waals surface area contributed by atoms with E-state index in [9.17, 15) is 24.0 Å². The summed E-state index contributed by atoms with van der Waals surface area (Å²) < 4.78 is 11.3. The highest BCUT2D eigenvalue weighted by Gasteiger charge is 2.46. The van der Waals surface area contributed by atoms with E-state index in [4.69, 9.17) is 9.47 Å². The van der Waals surface area contributed by atoms with Crippen LogP contribution in [0.3, 0.4) is 0 Å². The quantitative estimate of drug-likeness (QED) is 0.342. The Bertz CT molecular complexity index is 1310. The molecular weight excluding hydrogens is 516 g/mol. The summed E-state index contributed by atoms with van der Waals surface area (Å²) in [7, 11) is 1.70. The van der Waals surface area contributed by atoms with Gasteiger partial charge in [-0.25, -0.2) is 4.79 Å². The van der Waals surface area contributed by atoms with Crippen LogP contribution in [0.5, 0.6) is 0 Å². The Hall–Kier alpha value is -4.25. The molecule has 3 aliphatic rings. The van der Waals surface area contributed by atoms with Gasteiger partial charge in [-0.15, -0.1) is 0 Å². The largest absolute Gasteiger partial charge is 0.445 e. The molecule has 2 N–H and O–H groups in total. The number of ether oxygens (including phenoxy) is 2. The third-order valence-corrected chi connectivity index (χ3v) is 7.43. The first-order valence-electron chi connectivity index (χ1n) is 13.5. The molecule has 210 valence electrons. The maximum absolute atomic E-state index is 13.2. The topological polar surface area (TPSA) is 134 Å². The van der Waals surface area contributed by atoms with Gasteiger partial charge in [-0.3, -0.25) is 29.4 Å². The van der Waals surface area contributed by atoms with Crippen molar-refractivity contribution >= 4 is 35.4 Å². The van der Waals surface area contributed by atoms with E-state index in [1.807, 2.05) is 30.3 Å². The molecule has 2 aromatic carbocycles. The highest BCUT2D eigenvalue weighted by molar-refractivity contribution is 6.25. The average molecular weight is 549 g/mol. The summed E-state index contributed by atoms with van der Waals surface area (Å²) in [6.07, 6.45) is 2.01. The van der Waals surface area contributed by atoms with Gasteiger partial charge in [0.15, 0.2) is 0 Å². The van der Waals surface area contributed by atoms with E-state index in [1.54, 1.807) is 25.2 Å². The lowest BCUT2D eigenvalue weighted by atomic mass is 9.88. The number of imide groups is 2. The van der Waals surface area contributed by atoms with Gasteiger partial charge in [0.2, 0.25) is 11.8 Å². The molecule has 5 amide bonds. The van der Waals surface area contributed by atoms with E-state index in [0.717, 1.165) is 23.3 Å². The van der Waals surface area contributed by atoms with Crippen LogP contribution >= 0.6 is 0 Å². The monoisotopic (exact) mass is 548 g/mol. The van der Waals surface area contributed by atoms with Crippen molar-refractivity contribution in [3.05, 3.63) is 65.2 Å². The number of benzene rings is 2. The number of fused-ring (bicyclic) bond motifs is 1. The predicted octanol–water partition coefficient (Wildman–Crippen LogP) is 2.71. The van der Waals surface area contributed by atoms with Crippen molar-refractivity contribution in [2.45, 2.75) is 56.9 Å². The van der Waals surface area contributed by atoms with Gasteiger partial charge in [-0.05, 0) is 43.4 Å². The number of amides is 5. The van der Waals surface area contributed by atoms with Crippen molar-refractivity contribution in [1.82, 2.24) is 15.1 Å². The van der Waals surface area contributed by atoms with E-state index < -0.39 is 29.7 Å². The molecule has 40 heavy (non-hydrogen) atoms. The van der Waals surface area contributed by atoms with Crippen LogP contribution in [0.15, 0.2) is 48.5 Å². The number of piperidine rings is 1. The number of carbonyl (C=O) groups is 5. The summed E-state index contributed by atoms with van der Waals surface area (Å²) in [4.78, 5) is 64.7. The molecule has 5 rings (SSSR count). The smallest absolute Gasteiger partial charge is 0.409 e. The van der Waals surface area contributed by atoms with Crippen molar-refractivity contribution in [3.63, 3.8) is 0 Å². The second-order valence-electron chi connectivity index (χ2n) is 10.3. The zero-order chi connectivity index (χ0) is 28.2. The standard InChI is InChI=1S/C29H32N4O7/c1-32(29(38)40-17-18-7-3-2-4-8-18)13-6-14-39-20-15-19(16-20)30-22-10-5-9-21-25(22)28(37)33(27(21)36)23-11-12-24(34)31-26(23)35/h2-5,7-10,19-20,23,30H,6,11-17H2,1H3,(H,31,34,35)/t19-,20-,23?. The van der Waals surface area contributed by atoms with Gasteiger partial charge >= 0.3 is 6.09 Å². The lowest BCUT2D eigenvalue weighted by Gasteiger charge is -2.36.